The molecule has 0 fully saturated rings. The fourth-order valence-corrected chi connectivity index (χ4v) is 3.10. The van der Waals surface area contributed by atoms with E-state index in [1.54, 1.807) is 18.0 Å². The summed E-state index contributed by atoms with van der Waals surface area (Å²) in [5, 5.41) is 14.7. The summed E-state index contributed by atoms with van der Waals surface area (Å²) in [6.45, 7) is 3.34. The van der Waals surface area contributed by atoms with Crippen LogP contribution in [0.15, 0.2) is 42.6 Å². The van der Waals surface area contributed by atoms with Crippen LogP contribution in [0.4, 0.5) is 4.79 Å². The van der Waals surface area contributed by atoms with Gasteiger partial charge in [-0.2, -0.15) is 17.0 Å². The van der Waals surface area contributed by atoms with Crippen molar-refractivity contribution in [2.24, 2.45) is 0 Å². The van der Waals surface area contributed by atoms with Crippen LogP contribution in [0.1, 0.15) is 23.6 Å². The molecule has 2 N–H and O–H groups in total. The molecule has 0 unspecified atom stereocenters. The number of carbonyl (C=O) groups excluding carboxylic acids is 1. The van der Waals surface area contributed by atoms with Crippen molar-refractivity contribution in [3.8, 4) is 11.9 Å². The Labute approximate surface area is 158 Å². The molecule has 0 bridgehead atoms. The average Bonchev–Trinajstić information content (AvgIpc) is 2.67. The maximum atomic E-state index is 11.9. The summed E-state index contributed by atoms with van der Waals surface area (Å²) in [5.74, 6) is 2.06. The number of rotatable bonds is 9. The van der Waals surface area contributed by atoms with Crippen LogP contribution < -0.4 is 15.4 Å². The van der Waals surface area contributed by atoms with Crippen molar-refractivity contribution in [3.05, 3.63) is 59.3 Å². The standard InChI is InChI=1S/C19H22N4O2S/c1-2-25-18-16(8-5-9-21-18)13-23-19(24)22-10-11-26-14-17-7-4-3-6-15(17)12-20/h3-9H,2,10-11,13-14H2,1H3,(H2,22,23,24). The van der Waals surface area contributed by atoms with Crippen molar-refractivity contribution in [1.82, 2.24) is 15.6 Å². The van der Waals surface area contributed by atoms with E-state index in [4.69, 9.17) is 10.00 Å². The molecular formula is C19H22N4O2S. The van der Waals surface area contributed by atoms with Crippen LogP contribution in [0.2, 0.25) is 0 Å². The molecule has 0 aliphatic heterocycles. The van der Waals surface area contributed by atoms with Gasteiger partial charge in [0.15, 0.2) is 0 Å². The highest BCUT2D eigenvalue weighted by Gasteiger charge is 2.06. The van der Waals surface area contributed by atoms with Crippen molar-refractivity contribution in [2.45, 2.75) is 19.2 Å². The molecule has 1 aromatic heterocycles. The number of pyridine rings is 1. The molecule has 0 atom stereocenters. The zero-order valence-electron chi connectivity index (χ0n) is 14.7. The average molecular weight is 370 g/mol. The Balaban J connectivity index is 1.66. The minimum atomic E-state index is -0.227. The topological polar surface area (TPSA) is 87.0 Å². The smallest absolute Gasteiger partial charge is 0.315 e. The number of hydrogen-bond donors (Lipinski definition) is 2. The van der Waals surface area contributed by atoms with E-state index in [9.17, 15) is 4.79 Å². The molecule has 0 radical (unpaired) electrons. The van der Waals surface area contributed by atoms with Crippen LogP contribution in [0.25, 0.3) is 0 Å². The van der Waals surface area contributed by atoms with Crippen molar-refractivity contribution in [2.75, 3.05) is 18.9 Å². The van der Waals surface area contributed by atoms with E-state index in [-0.39, 0.29) is 6.03 Å². The van der Waals surface area contributed by atoms with Gasteiger partial charge in [0.05, 0.1) is 18.2 Å². The number of hydrogen-bond acceptors (Lipinski definition) is 5. The molecular weight excluding hydrogens is 348 g/mol. The van der Waals surface area contributed by atoms with Gasteiger partial charge in [-0.3, -0.25) is 0 Å². The number of benzene rings is 1. The van der Waals surface area contributed by atoms with Crippen LogP contribution in [0.5, 0.6) is 5.88 Å². The molecule has 1 heterocycles. The van der Waals surface area contributed by atoms with E-state index in [1.165, 1.54) is 0 Å². The van der Waals surface area contributed by atoms with Gasteiger partial charge in [-0.15, -0.1) is 0 Å². The number of ether oxygens (including phenoxy) is 1. The highest BCUT2D eigenvalue weighted by atomic mass is 32.2. The molecule has 0 spiro atoms. The van der Waals surface area contributed by atoms with E-state index in [0.29, 0.717) is 31.1 Å². The van der Waals surface area contributed by atoms with Crippen LogP contribution in [-0.4, -0.2) is 29.9 Å². The highest BCUT2D eigenvalue weighted by Crippen LogP contribution is 2.15. The molecule has 1 aromatic carbocycles. The predicted molar refractivity (Wildman–Crippen MR) is 103 cm³/mol. The lowest BCUT2D eigenvalue weighted by Gasteiger charge is -2.10. The second kappa shape index (κ2) is 11.0. The number of thioether (sulfide) groups is 1. The Hall–Kier alpha value is -2.72. The summed E-state index contributed by atoms with van der Waals surface area (Å²) in [6, 6.07) is 13.2. The Morgan fingerprint density at radius 2 is 2.04 bits per heavy atom. The van der Waals surface area contributed by atoms with E-state index >= 15 is 0 Å². The maximum absolute atomic E-state index is 11.9. The first-order valence-electron chi connectivity index (χ1n) is 8.38. The number of nitrogens with zero attached hydrogens (tertiary/aromatic N) is 2. The van der Waals surface area contributed by atoms with E-state index < -0.39 is 0 Å². The monoisotopic (exact) mass is 370 g/mol. The fraction of sp³-hybridized carbons (Fsp3) is 0.316. The zero-order valence-corrected chi connectivity index (χ0v) is 15.5. The van der Waals surface area contributed by atoms with Crippen molar-refractivity contribution >= 4 is 17.8 Å². The minimum absolute atomic E-state index is 0.227. The molecule has 26 heavy (non-hydrogen) atoms. The first-order chi connectivity index (χ1) is 12.7. The third-order valence-electron chi connectivity index (χ3n) is 3.50. The summed E-state index contributed by atoms with van der Waals surface area (Å²) < 4.78 is 5.43. The molecule has 0 saturated carbocycles. The normalized spacial score (nSPS) is 10.0. The fourth-order valence-electron chi connectivity index (χ4n) is 2.24. The number of amides is 2. The van der Waals surface area contributed by atoms with Crippen molar-refractivity contribution < 1.29 is 9.53 Å². The Bertz CT molecular complexity index is 761. The molecule has 0 aliphatic rings. The van der Waals surface area contributed by atoms with E-state index in [1.807, 2.05) is 43.3 Å². The first kappa shape index (κ1) is 19.6. The number of nitrogens with one attached hydrogen (secondary N) is 2. The van der Waals surface area contributed by atoms with Gasteiger partial charge in [0, 0.05) is 36.4 Å². The van der Waals surface area contributed by atoms with Crippen molar-refractivity contribution in [1.29, 1.82) is 5.26 Å². The number of aromatic nitrogens is 1. The van der Waals surface area contributed by atoms with Gasteiger partial charge in [0.2, 0.25) is 5.88 Å². The number of nitriles is 1. The molecule has 0 saturated heterocycles. The SMILES string of the molecule is CCOc1ncccc1CNC(=O)NCCSCc1ccccc1C#N. The number of carbonyl (C=O) groups is 1. The number of urea groups is 1. The highest BCUT2D eigenvalue weighted by molar-refractivity contribution is 7.98. The van der Waals surface area contributed by atoms with Crippen LogP contribution in [-0.2, 0) is 12.3 Å². The minimum Gasteiger partial charge on any atom is -0.478 e. The Morgan fingerprint density at radius 1 is 1.23 bits per heavy atom. The molecule has 0 aliphatic carbocycles. The molecule has 7 heteroatoms. The third kappa shape index (κ3) is 6.30. The van der Waals surface area contributed by atoms with Gasteiger partial charge >= 0.3 is 6.03 Å². The van der Waals surface area contributed by atoms with Gasteiger partial charge in [-0.1, -0.05) is 24.3 Å². The van der Waals surface area contributed by atoms with Gasteiger partial charge in [-0.05, 0) is 24.6 Å². The van der Waals surface area contributed by atoms with Crippen molar-refractivity contribution in [3.63, 3.8) is 0 Å². The second-order valence-electron chi connectivity index (χ2n) is 5.33. The van der Waals surface area contributed by atoms with Gasteiger partial charge in [-0.25, -0.2) is 9.78 Å². The van der Waals surface area contributed by atoms with Gasteiger partial charge in [0.25, 0.3) is 0 Å². The largest absolute Gasteiger partial charge is 0.478 e. The molecule has 6 nitrogen and oxygen atoms in total. The third-order valence-corrected chi connectivity index (χ3v) is 4.51. The Kier molecular flexibility index (Phi) is 8.30. The van der Waals surface area contributed by atoms with Gasteiger partial charge < -0.3 is 15.4 Å². The lowest BCUT2D eigenvalue weighted by molar-refractivity contribution is 0.241. The molecule has 2 aromatic rings. The lowest BCUT2D eigenvalue weighted by atomic mass is 10.1. The van der Waals surface area contributed by atoms with Crippen LogP contribution in [0.3, 0.4) is 0 Å². The molecule has 2 amide bonds. The summed E-state index contributed by atoms with van der Waals surface area (Å²) in [7, 11) is 0. The van der Waals surface area contributed by atoms with Gasteiger partial charge in [0.1, 0.15) is 0 Å². The molecule has 2 rings (SSSR count). The van der Waals surface area contributed by atoms with Crippen LogP contribution >= 0.6 is 11.8 Å². The van der Waals surface area contributed by atoms with E-state index in [0.717, 1.165) is 22.6 Å². The van der Waals surface area contributed by atoms with E-state index in [2.05, 4.69) is 21.7 Å². The summed E-state index contributed by atoms with van der Waals surface area (Å²) in [6.07, 6.45) is 1.66. The quantitative estimate of drug-likeness (QED) is 0.663. The molecule has 136 valence electrons. The predicted octanol–water partition coefficient (Wildman–Crippen LogP) is 3.08. The second-order valence-corrected chi connectivity index (χ2v) is 6.44. The van der Waals surface area contributed by atoms with Crippen LogP contribution in [0, 0.1) is 11.3 Å². The first-order valence-corrected chi connectivity index (χ1v) is 9.54. The summed E-state index contributed by atoms with van der Waals surface area (Å²) >= 11 is 1.68. The lowest BCUT2D eigenvalue weighted by Crippen LogP contribution is -2.36. The maximum Gasteiger partial charge on any atom is 0.315 e. The zero-order chi connectivity index (χ0) is 18.6. The summed E-state index contributed by atoms with van der Waals surface area (Å²) in [5.41, 5.74) is 2.56. The Morgan fingerprint density at radius 3 is 2.85 bits per heavy atom. The summed E-state index contributed by atoms with van der Waals surface area (Å²) in [4.78, 5) is 16.0.